The summed E-state index contributed by atoms with van der Waals surface area (Å²) in [7, 11) is 0. The maximum Gasteiger partial charge on any atom is 0.0879 e. The molecule has 1 atom stereocenters. The number of hydrogen-bond acceptors (Lipinski definition) is 2. The van der Waals surface area contributed by atoms with Gasteiger partial charge in [-0.1, -0.05) is 97.1 Å². The lowest BCUT2D eigenvalue weighted by molar-refractivity contribution is 0.454. The second kappa shape index (κ2) is 10.1. The Morgan fingerprint density at radius 1 is 0.600 bits per heavy atom. The van der Waals surface area contributed by atoms with E-state index in [0.29, 0.717) is 6.04 Å². The molecular formula is C33H32N2. The topological polar surface area (TPSA) is 6.48 Å². The number of hydrogen-bond donors (Lipinski definition) is 0. The Morgan fingerprint density at radius 3 is 1.49 bits per heavy atom. The van der Waals surface area contributed by atoms with Gasteiger partial charge < -0.3 is 9.80 Å². The zero-order chi connectivity index (χ0) is 24.1. The van der Waals surface area contributed by atoms with Crippen LogP contribution in [-0.4, -0.2) is 6.04 Å². The van der Waals surface area contributed by atoms with Gasteiger partial charge in [-0.3, -0.25) is 0 Å². The van der Waals surface area contributed by atoms with E-state index >= 15 is 0 Å². The smallest absolute Gasteiger partial charge is 0.0879 e. The van der Waals surface area contributed by atoms with Crippen molar-refractivity contribution in [1.29, 1.82) is 0 Å². The largest absolute Gasteiger partial charge is 0.356 e. The van der Waals surface area contributed by atoms with E-state index in [0.717, 1.165) is 17.8 Å². The van der Waals surface area contributed by atoms with Crippen molar-refractivity contribution in [3.63, 3.8) is 0 Å². The molecule has 0 amide bonds. The molecule has 0 radical (unpaired) electrons. The first kappa shape index (κ1) is 22.7. The van der Waals surface area contributed by atoms with Crippen molar-refractivity contribution in [2.45, 2.75) is 31.8 Å². The van der Waals surface area contributed by atoms with Gasteiger partial charge in [0.25, 0.3) is 0 Å². The molecule has 1 unspecified atom stereocenters. The SMILES string of the molecule is CC(C)N(c1ccccc1)C1(c2ccccc2)C=CC(N(c2ccccc2)c2ccccc2)=CC1. The van der Waals surface area contributed by atoms with Crippen LogP contribution in [0.25, 0.3) is 0 Å². The molecule has 4 aromatic carbocycles. The first-order valence-electron chi connectivity index (χ1n) is 12.4. The van der Waals surface area contributed by atoms with Crippen LogP contribution in [0, 0.1) is 0 Å². The van der Waals surface area contributed by atoms with Crippen LogP contribution in [0.2, 0.25) is 0 Å². The van der Waals surface area contributed by atoms with Crippen LogP contribution in [0.3, 0.4) is 0 Å². The van der Waals surface area contributed by atoms with Crippen molar-refractivity contribution in [2.75, 3.05) is 9.80 Å². The van der Waals surface area contributed by atoms with Crippen LogP contribution in [0.5, 0.6) is 0 Å². The van der Waals surface area contributed by atoms with Gasteiger partial charge >= 0.3 is 0 Å². The maximum absolute atomic E-state index is 2.56. The second-order valence-electron chi connectivity index (χ2n) is 9.26. The molecule has 0 saturated heterocycles. The molecule has 2 heteroatoms. The van der Waals surface area contributed by atoms with E-state index in [1.807, 2.05) is 0 Å². The van der Waals surface area contributed by atoms with E-state index in [1.165, 1.54) is 16.9 Å². The summed E-state index contributed by atoms with van der Waals surface area (Å²) in [5.41, 5.74) is 5.76. The first-order chi connectivity index (χ1) is 17.2. The molecule has 0 saturated carbocycles. The molecule has 4 aromatic rings. The average Bonchev–Trinajstić information content (AvgIpc) is 2.92. The van der Waals surface area contributed by atoms with Crippen LogP contribution in [-0.2, 0) is 5.54 Å². The lowest BCUT2D eigenvalue weighted by Crippen LogP contribution is -2.49. The Hall–Kier alpha value is -4.04. The highest BCUT2D eigenvalue weighted by Crippen LogP contribution is 2.43. The number of benzene rings is 4. The molecule has 1 aliphatic rings. The molecule has 0 fully saturated rings. The molecule has 0 bridgehead atoms. The van der Waals surface area contributed by atoms with Crippen molar-refractivity contribution in [1.82, 2.24) is 0 Å². The maximum atomic E-state index is 2.56. The minimum Gasteiger partial charge on any atom is -0.356 e. The van der Waals surface area contributed by atoms with Crippen LogP contribution >= 0.6 is 0 Å². The van der Waals surface area contributed by atoms with Gasteiger partial charge in [-0.05, 0) is 68.3 Å². The molecule has 1 aliphatic carbocycles. The Labute approximate surface area is 209 Å². The third kappa shape index (κ3) is 4.52. The van der Waals surface area contributed by atoms with Gasteiger partial charge in [0.15, 0.2) is 0 Å². The number of rotatable bonds is 7. The van der Waals surface area contributed by atoms with Crippen molar-refractivity contribution in [3.05, 3.63) is 151 Å². The Bertz CT molecular complexity index is 1240. The van der Waals surface area contributed by atoms with Gasteiger partial charge in [0.05, 0.1) is 5.54 Å². The predicted octanol–water partition coefficient (Wildman–Crippen LogP) is 8.48. The van der Waals surface area contributed by atoms with Crippen LogP contribution in [0.4, 0.5) is 17.1 Å². The summed E-state index contributed by atoms with van der Waals surface area (Å²) in [5.74, 6) is 0. The van der Waals surface area contributed by atoms with E-state index in [2.05, 4.69) is 163 Å². The highest BCUT2D eigenvalue weighted by molar-refractivity contribution is 5.71. The summed E-state index contributed by atoms with van der Waals surface area (Å²) < 4.78 is 0. The van der Waals surface area contributed by atoms with Gasteiger partial charge in [0, 0.05) is 28.8 Å². The van der Waals surface area contributed by atoms with Crippen molar-refractivity contribution in [2.24, 2.45) is 0 Å². The summed E-state index contributed by atoms with van der Waals surface area (Å²) in [5, 5.41) is 0. The normalized spacial score (nSPS) is 17.2. The molecule has 174 valence electrons. The zero-order valence-electron chi connectivity index (χ0n) is 20.5. The predicted molar refractivity (Wildman–Crippen MR) is 149 cm³/mol. The van der Waals surface area contributed by atoms with Crippen LogP contribution < -0.4 is 9.80 Å². The van der Waals surface area contributed by atoms with Crippen molar-refractivity contribution in [3.8, 4) is 0 Å². The third-order valence-corrected chi connectivity index (χ3v) is 6.69. The van der Waals surface area contributed by atoms with Gasteiger partial charge in [0.2, 0.25) is 0 Å². The average molecular weight is 457 g/mol. The lowest BCUT2D eigenvalue weighted by Gasteiger charge is -2.48. The number of para-hydroxylation sites is 3. The number of nitrogens with zero attached hydrogens (tertiary/aromatic N) is 2. The molecule has 35 heavy (non-hydrogen) atoms. The molecular weight excluding hydrogens is 424 g/mol. The molecule has 2 nitrogen and oxygen atoms in total. The van der Waals surface area contributed by atoms with Crippen molar-refractivity contribution >= 4 is 17.1 Å². The van der Waals surface area contributed by atoms with E-state index in [1.54, 1.807) is 0 Å². The zero-order valence-corrected chi connectivity index (χ0v) is 20.5. The summed E-state index contributed by atoms with van der Waals surface area (Å²) in [4.78, 5) is 4.90. The third-order valence-electron chi connectivity index (χ3n) is 6.69. The first-order valence-corrected chi connectivity index (χ1v) is 12.4. The van der Waals surface area contributed by atoms with Gasteiger partial charge in [-0.25, -0.2) is 0 Å². The molecule has 0 spiro atoms. The summed E-state index contributed by atoms with van der Waals surface area (Å²) in [6, 6.07) is 43.2. The summed E-state index contributed by atoms with van der Waals surface area (Å²) >= 11 is 0. The van der Waals surface area contributed by atoms with Crippen molar-refractivity contribution < 1.29 is 0 Å². The summed E-state index contributed by atoms with van der Waals surface area (Å²) in [6.07, 6.45) is 7.97. The van der Waals surface area contributed by atoms with E-state index < -0.39 is 0 Å². The lowest BCUT2D eigenvalue weighted by atomic mass is 9.80. The van der Waals surface area contributed by atoms with Crippen LogP contribution in [0.1, 0.15) is 25.8 Å². The standard InChI is InChI=1S/C33H32N2/c1-27(2)35(32-21-13-6-14-22-32)33(28-15-7-3-8-16-28)25-23-31(24-26-33)34(29-17-9-4-10-18-29)30-19-11-5-12-20-30/h3-25,27H,26H2,1-2H3. The van der Waals surface area contributed by atoms with Crippen LogP contribution in [0.15, 0.2) is 145 Å². The van der Waals surface area contributed by atoms with Gasteiger partial charge in [-0.2, -0.15) is 0 Å². The minimum atomic E-state index is -0.278. The highest BCUT2D eigenvalue weighted by atomic mass is 15.2. The summed E-state index contributed by atoms with van der Waals surface area (Å²) in [6.45, 7) is 4.57. The minimum absolute atomic E-state index is 0.278. The monoisotopic (exact) mass is 456 g/mol. The fraction of sp³-hybridized carbons (Fsp3) is 0.152. The molecule has 0 heterocycles. The van der Waals surface area contributed by atoms with Gasteiger partial charge in [0.1, 0.15) is 0 Å². The fourth-order valence-electron chi connectivity index (χ4n) is 5.22. The fourth-order valence-corrected chi connectivity index (χ4v) is 5.22. The second-order valence-corrected chi connectivity index (χ2v) is 9.26. The molecule has 0 aromatic heterocycles. The number of allylic oxidation sites excluding steroid dienone is 1. The Morgan fingerprint density at radius 2 is 1.06 bits per heavy atom. The Balaban J connectivity index is 1.61. The van der Waals surface area contributed by atoms with E-state index in [9.17, 15) is 0 Å². The molecule has 0 aliphatic heterocycles. The Kier molecular flexibility index (Phi) is 6.54. The number of anilines is 3. The highest BCUT2D eigenvalue weighted by Gasteiger charge is 2.39. The van der Waals surface area contributed by atoms with E-state index in [4.69, 9.17) is 0 Å². The molecule has 5 rings (SSSR count). The van der Waals surface area contributed by atoms with Gasteiger partial charge in [-0.15, -0.1) is 0 Å². The molecule has 0 N–H and O–H groups in total. The van der Waals surface area contributed by atoms with E-state index in [-0.39, 0.29) is 5.54 Å². The quantitative estimate of drug-likeness (QED) is 0.275.